The lowest BCUT2D eigenvalue weighted by Crippen LogP contribution is -2.49. The van der Waals surface area contributed by atoms with Gasteiger partial charge in [0.1, 0.15) is 0 Å². The third-order valence-corrected chi connectivity index (χ3v) is 8.47. The second-order valence-corrected chi connectivity index (χ2v) is 10.9. The number of rotatable bonds is 5. The second-order valence-electron chi connectivity index (χ2n) is 10.9. The van der Waals surface area contributed by atoms with E-state index in [2.05, 4.69) is 45.4 Å². The van der Waals surface area contributed by atoms with Crippen LogP contribution in [0.2, 0.25) is 0 Å². The Morgan fingerprint density at radius 2 is 1.74 bits per heavy atom. The average molecular weight is 464 g/mol. The van der Waals surface area contributed by atoms with Crippen molar-refractivity contribution in [2.75, 3.05) is 44.2 Å². The molecule has 182 valence electrons. The van der Waals surface area contributed by atoms with Gasteiger partial charge in [-0.1, -0.05) is 0 Å². The zero-order valence-corrected chi connectivity index (χ0v) is 20.3. The summed E-state index contributed by atoms with van der Waals surface area (Å²) in [5.74, 6) is 1.32. The van der Waals surface area contributed by atoms with Gasteiger partial charge in [-0.2, -0.15) is 0 Å². The van der Waals surface area contributed by atoms with E-state index in [9.17, 15) is 9.59 Å². The van der Waals surface area contributed by atoms with Crippen molar-refractivity contribution in [3.05, 3.63) is 29.5 Å². The molecule has 2 N–H and O–H groups in total. The van der Waals surface area contributed by atoms with Crippen molar-refractivity contribution >= 4 is 28.5 Å². The maximum Gasteiger partial charge on any atom is 0.328 e. The molecule has 0 atom stereocenters. The van der Waals surface area contributed by atoms with Gasteiger partial charge in [0, 0.05) is 61.4 Å². The summed E-state index contributed by atoms with van der Waals surface area (Å²) in [6.45, 7) is 8.53. The van der Waals surface area contributed by atoms with E-state index in [0.29, 0.717) is 24.9 Å². The molecule has 0 unspecified atom stereocenters. The minimum atomic E-state index is -0.299. The number of urea groups is 1. The number of benzene rings is 1. The molecule has 1 aliphatic carbocycles. The van der Waals surface area contributed by atoms with E-state index in [0.717, 1.165) is 17.2 Å². The van der Waals surface area contributed by atoms with E-state index < -0.39 is 0 Å². The Bertz CT molecular complexity index is 1090. The molecule has 0 bridgehead atoms. The van der Waals surface area contributed by atoms with E-state index in [1.54, 1.807) is 4.90 Å². The molecule has 1 aromatic carbocycles. The Morgan fingerprint density at radius 3 is 2.44 bits per heavy atom. The zero-order valence-electron chi connectivity index (χ0n) is 20.3. The van der Waals surface area contributed by atoms with Gasteiger partial charge in [0.05, 0.1) is 0 Å². The lowest BCUT2D eigenvalue weighted by molar-refractivity contribution is -0.120. The first-order chi connectivity index (χ1) is 16.6. The Hall–Kier alpha value is -2.38. The van der Waals surface area contributed by atoms with Crippen molar-refractivity contribution in [3.8, 4) is 0 Å². The molecule has 34 heavy (non-hydrogen) atoms. The van der Waals surface area contributed by atoms with Crippen LogP contribution in [0, 0.1) is 12.8 Å². The van der Waals surface area contributed by atoms with Crippen molar-refractivity contribution in [3.63, 3.8) is 0 Å². The van der Waals surface area contributed by atoms with Crippen LogP contribution in [-0.2, 0) is 4.79 Å². The summed E-state index contributed by atoms with van der Waals surface area (Å²) in [6, 6.07) is 4.74. The number of fused-ring (bicyclic) bond motifs is 1. The highest BCUT2D eigenvalue weighted by Crippen LogP contribution is 2.46. The second kappa shape index (κ2) is 9.00. The van der Waals surface area contributed by atoms with E-state index in [-0.39, 0.29) is 11.9 Å². The summed E-state index contributed by atoms with van der Waals surface area (Å²) in [4.78, 5) is 28.6. The topological polar surface area (TPSA) is 69.6 Å². The third-order valence-electron chi connectivity index (χ3n) is 8.47. The number of carbonyl (C=O) groups excluding carboxylic acids is 2. The first-order valence-electron chi connectivity index (χ1n) is 13.3. The predicted octanol–water partition coefficient (Wildman–Crippen LogP) is 3.91. The standard InChI is InChI=1S/C27H37N5O2/c1-18-14-25-22(15-24(18)31-13-8-26(33)29-27(31)34)23(20-2-3-20)17-32(25)21-6-11-30(12-7-21)16-19-4-9-28-10-5-19/h14-15,17,19-21,28H,2-13,16H2,1H3,(H,29,33,34). The van der Waals surface area contributed by atoms with Crippen LogP contribution in [0.4, 0.5) is 10.5 Å². The lowest BCUT2D eigenvalue weighted by atomic mass is 9.95. The molecule has 3 aliphatic heterocycles. The monoisotopic (exact) mass is 463 g/mol. The quantitative estimate of drug-likeness (QED) is 0.706. The number of carbonyl (C=O) groups is 2. The van der Waals surface area contributed by atoms with Gasteiger partial charge < -0.3 is 14.8 Å². The Labute approximate surface area is 201 Å². The van der Waals surface area contributed by atoms with Crippen molar-refractivity contribution in [2.24, 2.45) is 5.92 Å². The molecule has 7 heteroatoms. The number of likely N-dealkylation sites (tertiary alicyclic amines) is 1. The summed E-state index contributed by atoms with van der Waals surface area (Å²) < 4.78 is 2.56. The SMILES string of the molecule is Cc1cc2c(cc1N1CCC(=O)NC1=O)c(C1CC1)cn2C1CCN(CC2CCNCC2)CC1. The van der Waals surface area contributed by atoms with Crippen molar-refractivity contribution in [1.29, 1.82) is 0 Å². The fraction of sp³-hybridized carbons (Fsp3) is 0.630. The van der Waals surface area contributed by atoms with Gasteiger partial charge >= 0.3 is 6.03 Å². The van der Waals surface area contributed by atoms with Crippen LogP contribution in [0.15, 0.2) is 18.3 Å². The molecule has 4 aliphatic rings. The molecule has 1 saturated carbocycles. The molecule has 0 radical (unpaired) electrons. The molecule has 3 saturated heterocycles. The first-order valence-corrected chi connectivity index (χ1v) is 13.3. The van der Waals surface area contributed by atoms with Gasteiger partial charge in [-0.05, 0) is 93.6 Å². The van der Waals surface area contributed by atoms with E-state index in [4.69, 9.17) is 0 Å². The zero-order chi connectivity index (χ0) is 23.2. The molecule has 3 amide bonds. The molecule has 2 aromatic rings. The predicted molar refractivity (Wildman–Crippen MR) is 134 cm³/mol. The number of piperidine rings is 2. The number of amides is 3. The third kappa shape index (κ3) is 4.24. The molecule has 6 rings (SSSR count). The van der Waals surface area contributed by atoms with Crippen molar-refractivity contribution < 1.29 is 9.59 Å². The van der Waals surface area contributed by atoms with Crippen LogP contribution in [0.3, 0.4) is 0 Å². The van der Waals surface area contributed by atoms with Crippen molar-refractivity contribution in [1.82, 2.24) is 20.1 Å². The Morgan fingerprint density at radius 1 is 0.971 bits per heavy atom. The number of imide groups is 1. The average Bonchev–Trinajstić information content (AvgIpc) is 3.62. The van der Waals surface area contributed by atoms with Crippen LogP contribution in [0.25, 0.3) is 10.9 Å². The van der Waals surface area contributed by atoms with Gasteiger partial charge in [-0.3, -0.25) is 15.0 Å². The van der Waals surface area contributed by atoms with Gasteiger partial charge in [0.15, 0.2) is 0 Å². The normalized spacial score (nSPS) is 23.6. The number of aromatic nitrogens is 1. The first kappa shape index (κ1) is 22.1. The summed E-state index contributed by atoms with van der Waals surface area (Å²) >= 11 is 0. The van der Waals surface area contributed by atoms with Gasteiger partial charge in [-0.25, -0.2) is 4.79 Å². The van der Waals surface area contributed by atoms with Crippen LogP contribution >= 0.6 is 0 Å². The highest BCUT2D eigenvalue weighted by molar-refractivity contribution is 6.07. The maximum atomic E-state index is 12.5. The summed E-state index contributed by atoms with van der Waals surface area (Å²) in [5, 5.41) is 7.26. The van der Waals surface area contributed by atoms with Crippen LogP contribution in [0.1, 0.15) is 68.0 Å². The van der Waals surface area contributed by atoms with E-state index >= 15 is 0 Å². The van der Waals surface area contributed by atoms with Gasteiger partial charge in [0.2, 0.25) is 5.91 Å². The molecule has 1 aromatic heterocycles. The molecular formula is C27H37N5O2. The highest BCUT2D eigenvalue weighted by atomic mass is 16.2. The molecule has 7 nitrogen and oxygen atoms in total. The maximum absolute atomic E-state index is 12.5. The fourth-order valence-electron chi connectivity index (χ4n) is 6.33. The Balaban J connectivity index is 1.24. The van der Waals surface area contributed by atoms with Crippen LogP contribution in [0.5, 0.6) is 0 Å². The highest BCUT2D eigenvalue weighted by Gasteiger charge is 2.32. The minimum absolute atomic E-state index is 0.184. The van der Waals surface area contributed by atoms with Gasteiger partial charge in [-0.15, -0.1) is 0 Å². The summed E-state index contributed by atoms with van der Waals surface area (Å²) in [6.07, 6.45) is 10.3. The smallest absolute Gasteiger partial charge is 0.328 e. The van der Waals surface area contributed by atoms with Crippen LogP contribution < -0.4 is 15.5 Å². The number of aryl methyl sites for hydroxylation is 1. The number of hydrogen-bond acceptors (Lipinski definition) is 4. The Kier molecular flexibility index (Phi) is 5.86. The summed E-state index contributed by atoms with van der Waals surface area (Å²) in [5.41, 5.74) is 4.80. The molecular weight excluding hydrogens is 426 g/mol. The largest absolute Gasteiger partial charge is 0.344 e. The molecule has 4 heterocycles. The van der Waals surface area contributed by atoms with E-state index in [1.807, 2.05) is 0 Å². The van der Waals surface area contributed by atoms with E-state index in [1.165, 1.54) is 87.7 Å². The number of nitrogens with zero attached hydrogens (tertiary/aromatic N) is 3. The number of hydrogen-bond donors (Lipinski definition) is 2. The minimum Gasteiger partial charge on any atom is -0.344 e. The molecule has 4 fully saturated rings. The fourth-order valence-corrected chi connectivity index (χ4v) is 6.33. The lowest BCUT2D eigenvalue weighted by Gasteiger charge is -2.36. The van der Waals surface area contributed by atoms with Gasteiger partial charge in [0.25, 0.3) is 0 Å². The summed E-state index contributed by atoms with van der Waals surface area (Å²) in [7, 11) is 0. The molecule has 0 spiro atoms. The number of anilines is 1. The van der Waals surface area contributed by atoms with Crippen LogP contribution in [-0.4, -0.2) is 60.7 Å². The van der Waals surface area contributed by atoms with Crippen molar-refractivity contribution in [2.45, 2.75) is 63.8 Å². The number of nitrogens with one attached hydrogen (secondary N) is 2.